The summed E-state index contributed by atoms with van der Waals surface area (Å²) in [6.07, 6.45) is 0.465. The molecule has 1 atom stereocenters. The number of methoxy groups -OCH3 is 2. The summed E-state index contributed by atoms with van der Waals surface area (Å²) in [6, 6.07) is 8.55. The van der Waals surface area contributed by atoms with Crippen molar-refractivity contribution in [3.05, 3.63) is 58.7 Å². The van der Waals surface area contributed by atoms with Gasteiger partial charge in [-0.2, -0.15) is 0 Å². The van der Waals surface area contributed by atoms with Crippen LogP contribution in [-0.4, -0.2) is 14.2 Å². The summed E-state index contributed by atoms with van der Waals surface area (Å²) in [7, 11) is 2.91. The molecule has 1 unspecified atom stereocenters. The summed E-state index contributed by atoms with van der Waals surface area (Å²) in [5.74, 6) is -0.0820. The van der Waals surface area contributed by atoms with E-state index in [2.05, 4.69) is 0 Å². The second-order valence-corrected chi connectivity index (χ2v) is 6.31. The zero-order chi connectivity index (χ0) is 17.9. The Morgan fingerprint density at radius 2 is 1.67 bits per heavy atom. The van der Waals surface area contributed by atoms with Crippen molar-refractivity contribution in [2.75, 3.05) is 14.2 Å². The lowest BCUT2D eigenvalue weighted by molar-refractivity contribution is 0.376. The van der Waals surface area contributed by atoms with E-state index in [0.717, 1.165) is 11.1 Å². The second-order valence-electron chi connectivity index (χ2n) is 6.31. The Kier molecular flexibility index (Phi) is 5.81. The van der Waals surface area contributed by atoms with Gasteiger partial charge in [0.15, 0.2) is 23.1 Å². The Balaban J connectivity index is 2.29. The third-order valence-electron chi connectivity index (χ3n) is 4.30. The predicted octanol–water partition coefficient (Wildman–Crippen LogP) is 5.45. The highest BCUT2D eigenvalue weighted by Crippen LogP contribution is 2.33. The van der Waals surface area contributed by atoms with Crippen LogP contribution in [-0.2, 0) is 6.42 Å². The van der Waals surface area contributed by atoms with Crippen LogP contribution in [0.1, 0.15) is 49.3 Å². The highest BCUT2D eigenvalue weighted by Gasteiger charge is 2.19. The molecule has 0 saturated carbocycles. The van der Waals surface area contributed by atoms with Gasteiger partial charge >= 0.3 is 0 Å². The third kappa shape index (κ3) is 3.69. The summed E-state index contributed by atoms with van der Waals surface area (Å²) in [4.78, 5) is 0. The van der Waals surface area contributed by atoms with Crippen LogP contribution >= 0.6 is 0 Å². The summed E-state index contributed by atoms with van der Waals surface area (Å²) >= 11 is 0. The molecule has 0 aromatic heterocycles. The molecule has 2 rings (SSSR count). The van der Waals surface area contributed by atoms with Crippen molar-refractivity contribution in [1.82, 2.24) is 0 Å². The van der Waals surface area contributed by atoms with Crippen LogP contribution in [0.3, 0.4) is 0 Å². The fourth-order valence-electron chi connectivity index (χ4n) is 2.87. The van der Waals surface area contributed by atoms with E-state index in [9.17, 15) is 8.78 Å². The SMILES string of the molecule is COc1ccc(C(C)Cc2ccc(C(C)C)c(OC)c2F)cc1F. The zero-order valence-corrected chi connectivity index (χ0v) is 14.8. The maximum atomic E-state index is 14.7. The van der Waals surface area contributed by atoms with E-state index in [1.807, 2.05) is 32.9 Å². The van der Waals surface area contributed by atoms with E-state index in [1.54, 1.807) is 12.1 Å². The van der Waals surface area contributed by atoms with Crippen LogP contribution in [0.25, 0.3) is 0 Å². The van der Waals surface area contributed by atoms with Gasteiger partial charge in [0.2, 0.25) is 0 Å². The highest BCUT2D eigenvalue weighted by molar-refractivity contribution is 5.42. The van der Waals surface area contributed by atoms with Gasteiger partial charge in [0.1, 0.15) is 0 Å². The molecular weight excluding hydrogens is 310 g/mol. The fraction of sp³-hybridized carbons (Fsp3) is 0.400. The summed E-state index contributed by atoms with van der Waals surface area (Å²) in [5, 5.41) is 0. The Morgan fingerprint density at radius 3 is 2.21 bits per heavy atom. The molecular formula is C20H24F2O2. The minimum absolute atomic E-state index is 0.0329. The minimum Gasteiger partial charge on any atom is -0.494 e. The van der Waals surface area contributed by atoms with Gasteiger partial charge < -0.3 is 9.47 Å². The molecule has 0 bridgehead atoms. The molecule has 2 aromatic carbocycles. The van der Waals surface area contributed by atoms with E-state index in [-0.39, 0.29) is 23.4 Å². The largest absolute Gasteiger partial charge is 0.494 e. The number of halogens is 2. The smallest absolute Gasteiger partial charge is 0.168 e. The molecule has 0 radical (unpaired) electrons. The van der Waals surface area contributed by atoms with Crippen LogP contribution in [0.15, 0.2) is 30.3 Å². The second kappa shape index (κ2) is 7.65. The highest BCUT2D eigenvalue weighted by atomic mass is 19.1. The van der Waals surface area contributed by atoms with Gasteiger partial charge in [0.05, 0.1) is 14.2 Å². The summed E-state index contributed by atoms with van der Waals surface area (Å²) in [6.45, 7) is 5.95. The lowest BCUT2D eigenvalue weighted by Crippen LogP contribution is -2.05. The van der Waals surface area contributed by atoms with Crippen LogP contribution < -0.4 is 9.47 Å². The van der Waals surface area contributed by atoms with Crippen molar-refractivity contribution in [3.8, 4) is 11.5 Å². The van der Waals surface area contributed by atoms with E-state index in [1.165, 1.54) is 20.3 Å². The quantitative estimate of drug-likeness (QED) is 0.699. The molecule has 4 heteroatoms. The molecule has 0 N–H and O–H groups in total. The molecule has 0 spiro atoms. The van der Waals surface area contributed by atoms with Crippen LogP contribution in [0.4, 0.5) is 8.78 Å². The summed E-state index contributed by atoms with van der Waals surface area (Å²) in [5.41, 5.74) is 2.22. The number of ether oxygens (including phenoxy) is 2. The van der Waals surface area contributed by atoms with Crippen LogP contribution in [0, 0.1) is 11.6 Å². The first-order valence-corrected chi connectivity index (χ1v) is 8.07. The standard InChI is InChI=1S/C20H24F2O2/c1-12(2)16-8-6-15(19(22)20(16)24-5)10-13(3)14-7-9-18(23-4)17(21)11-14/h6-9,11-13H,10H2,1-5H3. The maximum Gasteiger partial charge on any atom is 0.168 e. The Morgan fingerprint density at radius 1 is 0.958 bits per heavy atom. The van der Waals surface area contributed by atoms with Crippen molar-refractivity contribution in [2.45, 2.75) is 39.0 Å². The first kappa shape index (κ1) is 18.2. The van der Waals surface area contributed by atoms with Crippen molar-refractivity contribution in [2.24, 2.45) is 0 Å². The minimum atomic E-state index is -0.407. The Bertz CT molecular complexity index is 711. The molecule has 0 heterocycles. The molecule has 0 aliphatic rings. The van der Waals surface area contributed by atoms with Crippen LogP contribution in [0.2, 0.25) is 0 Å². The monoisotopic (exact) mass is 334 g/mol. The molecule has 0 fully saturated rings. The van der Waals surface area contributed by atoms with Crippen molar-refractivity contribution < 1.29 is 18.3 Å². The molecule has 0 amide bonds. The third-order valence-corrected chi connectivity index (χ3v) is 4.30. The lowest BCUT2D eigenvalue weighted by atomic mass is 9.91. The molecule has 2 aromatic rings. The van der Waals surface area contributed by atoms with Gasteiger partial charge in [0.25, 0.3) is 0 Å². The molecule has 130 valence electrons. The molecule has 0 saturated heterocycles. The number of hydrogen-bond donors (Lipinski definition) is 0. The molecule has 0 aliphatic carbocycles. The van der Waals surface area contributed by atoms with E-state index in [4.69, 9.17) is 9.47 Å². The van der Waals surface area contributed by atoms with E-state index >= 15 is 0 Å². The molecule has 2 nitrogen and oxygen atoms in total. The molecule has 0 aliphatic heterocycles. The summed E-state index contributed by atoms with van der Waals surface area (Å²) < 4.78 is 38.8. The van der Waals surface area contributed by atoms with Crippen molar-refractivity contribution >= 4 is 0 Å². The van der Waals surface area contributed by atoms with E-state index in [0.29, 0.717) is 17.7 Å². The fourth-order valence-corrected chi connectivity index (χ4v) is 2.87. The van der Waals surface area contributed by atoms with Gasteiger partial charge in [-0.1, -0.05) is 39.0 Å². The normalized spacial score (nSPS) is 12.3. The van der Waals surface area contributed by atoms with E-state index < -0.39 is 5.82 Å². The lowest BCUT2D eigenvalue weighted by Gasteiger charge is -2.18. The van der Waals surface area contributed by atoms with Gasteiger partial charge in [-0.25, -0.2) is 8.78 Å². The predicted molar refractivity (Wildman–Crippen MR) is 92.1 cm³/mol. The molecule has 24 heavy (non-hydrogen) atoms. The van der Waals surface area contributed by atoms with Crippen LogP contribution in [0.5, 0.6) is 11.5 Å². The maximum absolute atomic E-state index is 14.7. The first-order chi connectivity index (χ1) is 11.4. The Labute approximate surface area is 142 Å². The number of benzene rings is 2. The average Bonchev–Trinajstić information content (AvgIpc) is 2.55. The topological polar surface area (TPSA) is 18.5 Å². The Hall–Kier alpha value is -2.10. The van der Waals surface area contributed by atoms with Gasteiger partial charge in [0, 0.05) is 0 Å². The van der Waals surface area contributed by atoms with Gasteiger partial charge in [-0.15, -0.1) is 0 Å². The zero-order valence-electron chi connectivity index (χ0n) is 14.8. The van der Waals surface area contributed by atoms with Gasteiger partial charge in [-0.3, -0.25) is 0 Å². The average molecular weight is 334 g/mol. The number of rotatable bonds is 6. The van der Waals surface area contributed by atoms with Gasteiger partial charge in [-0.05, 0) is 47.1 Å². The number of hydrogen-bond acceptors (Lipinski definition) is 2. The van der Waals surface area contributed by atoms with Crippen molar-refractivity contribution in [1.29, 1.82) is 0 Å². The first-order valence-electron chi connectivity index (χ1n) is 8.07. The van der Waals surface area contributed by atoms with Crippen molar-refractivity contribution in [3.63, 3.8) is 0 Å².